The van der Waals surface area contributed by atoms with Crippen molar-refractivity contribution in [2.75, 3.05) is 26.2 Å². The maximum Gasteiger partial charge on any atom is 0.134 e. The summed E-state index contributed by atoms with van der Waals surface area (Å²) >= 11 is 6.05. The van der Waals surface area contributed by atoms with Gasteiger partial charge in [-0.2, -0.15) is 0 Å². The highest BCUT2D eigenvalue weighted by Gasteiger charge is 2.23. The van der Waals surface area contributed by atoms with E-state index in [1.54, 1.807) is 6.07 Å². The first-order valence-corrected chi connectivity index (χ1v) is 7.39. The molecule has 0 radical (unpaired) electrons. The standard InChI is InChI=1S/C15H23ClN2O/c1-11(2)9-14(18-7-5-17-6-8-18)12-3-4-15(19)13(16)10-12/h3-4,10-11,14,17,19H,5-9H2,1-2H3/t14-/m0/s1. The summed E-state index contributed by atoms with van der Waals surface area (Å²) in [7, 11) is 0. The summed E-state index contributed by atoms with van der Waals surface area (Å²) in [5.74, 6) is 0.793. The average Bonchev–Trinajstić information content (AvgIpc) is 2.40. The first-order valence-electron chi connectivity index (χ1n) is 7.01. The number of halogens is 1. The predicted octanol–water partition coefficient (Wildman–Crippen LogP) is 3.04. The van der Waals surface area contributed by atoms with Crippen molar-refractivity contribution in [3.8, 4) is 5.75 Å². The smallest absolute Gasteiger partial charge is 0.134 e. The summed E-state index contributed by atoms with van der Waals surface area (Å²) in [6.07, 6.45) is 1.11. The first-order chi connectivity index (χ1) is 9.08. The molecule has 0 spiro atoms. The first kappa shape index (κ1) is 14.6. The van der Waals surface area contributed by atoms with Crippen molar-refractivity contribution < 1.29 is 5.11 Å². The summed E-state index contributed by atoms with van der Waals surface area (Å²) in [5, 5.41) is 13.4. The van der Waals surface area contributed by atoms with Crippen LogP contribution in [0, 0.1) is 5.92 Å². The third-order valence-corrected chi connectivity index (χ3v) is 3.95. The van der Waals surface area contributed by atoms with Gasteiger partial charge >= 0.3 is 0 Å². The van der Waals surface area contributed by atoms with Crippen LogP contribution in [0.4, 0.5) is 0 Å². The largest absolute Gasteiger partial charge is 0.506 e. The second kappa shape index (κ2) is 6.60. The van der Waals surface area contributed by atoms with Crippen molar-refractivity contribution in [1.29, 1.82) is 0 Å². The molecular formula is C15H23ClN2O. The van der Waals surface area contributed by atoms with E-state index in [2.05, 4.69) is 24.1 Å². The van der Waals surface area contributed by atoms with Crippen LogP contribution in [-0.4, -0.2) is 36.2 Å². The molecule has 1 aliphatic rings. The molecule has 2 rings (SSSR count). The van der Waals surface area contributed by atoms with Crippen molar-refractivity contribution >= 4 is 11.6 Å². The van der Waals surface area contributed by atoms with E-state index in [0.29, 0.717) is 17.0 Å². The highest BCUT2D eigenvalue weighted by Crippen LogP contribution is 2.32. The quantitative estimate of drug-likeness (QED) is 0.891. The lowest BCUT2D eigenvalue weighted by molar-refractivity contribution is 0.154. The molecule has 1 fully saturated rings. The van der Waals surface area contributed by atoms with Crippen LogP contribution in [0.3, 0.4) is 0 Å². The molecule has 1 heterocycles. The molecule has 0 aromatic heterocycles. The van der Waals surface area contributed by atoms with Crippen molar-refractivity contribution in [3.05, 3.63) is 28.8 Å². The minimum atomic E-state index is 0.161. The van der Waals surface area contributed by atoms with Gasteiger partial charge in [-0.25, -0.2) is 0 Å². The lowest BCUT2D eigenvalue weighted by Gasteiger charge is -2.36. The highest BCUT2D eigenvalue weighted by atomic mass is 35.5. The van der Waals surface area contributed by atoms with Gasteiger partial charge in [-0.1, -0.05) is 31.5 Å². The Labute approximate surface area is 120 Å². The average molecular weight is 283 g/mol. The van der Waals surface area contributed by atoms with Crippen LogP contribution in [0.1, 0.15) is 31.9 Å². The zero-order valence-corrected chi connectivity index (χ0v) is 12.5. The summed E-state index contributed by atoms with van der Waals surface area (Å²) in [4.78, 5) is 2.51. The number of piperazine rings is 1. The number of benzene rings is 1. The zero-order chi connectivity index (χ0) is 13.8. The van der Waals surface area contributed by atoms with Crippen molar-refractivity contribution in [3.63, 3.8) is 0 Å². The van der Waals surface area contributed by atoms with Crippen LogP contribution >= 0.6 is 11.6 Å². The number of hydrogen-bond acceptors (Lipinski definition) is 3. The van der Waals surface area contributed by atoms with Crippen LogP contribution in [-0.2, 0) is 0 Å². The molecule has 1 aromatic rings. The molecule has 4 heteroatoms. The molecule has 19 heavy (non-hydrogen) atoms. The van der Waals surface area contributed by atoms with E-state index in [9.17, 15) is 5.11 Å². The maximum atomic E-state index is 9.56. The SMILES string of the molecule is CC(C)C[C@@H](c1ccc(O)c(Cl)c1)N1CCNCC1. The molecule has 0 unspecified atom stereocenters. The van der Waals surface area contributed by atoms with E-state index < -0.39 is 0 Å². The zero-order valence-electron chi connectivity index (χ0n) is 11.7. The molecule has 3 nitrogen and oxygen atoms in total. The van der Waals surface area contributed by atoms with E-state index in [4.69, 9.17) is 11.6 Å². The van der Waals surface area contributed by atoms with E-state index in [1.807, 2.05) is 12.1 Å². The Morgan fingerprint density at radius 2 is 2.00 bits per heavy atom. The van der Waals surface area contributed by atoms with Gasteiger partial charge in [0, 0.05) is 32.2 Å². The molecule has 1 aromatic carbocycles. The van der Waals surface area contributed by atoms with Gasteiger partial charge in [-0.15, -0.1) is 0 Å². The van der Waals surface area contributed by atoms with E-state index in [-0.39, 0.29) is 5.75 Å². The fraction of sp³-hybridized carbons (Fsp3) is 0.600. The highest BCUT2D eigenvalue weighted by molar-refractivity contribution is 6.32. The fourth-order valence-corrected chi connectivity index (χ4v) is 2.86. The lowest BCUT2D eigenvalue weighted by Crippen LogP contribution is -2.45. The van der Waals surface area contributed by atoms with Gasteiger partial charge in [0.15, 0.2) is 0 Å². The third-order valence-electron chi connectivity index (χ3n) is 3.64. The van der Waals surface area contributed by atoms with Gasteiger partial charge in [0.1, 0.15) is 5.75 Å². The Hall–Kier alpha value is -0.770. The fourth-order valence-electron chi connectivity index (χ4n) is 2.67. The Morgan fingerprint density at radius 1 is 1.32 bits per heavy atom. The molecule has 1 atom stereocenters. The Balaban J connectivity index is 2.22. The van der Waals surface area contributed by atoms with Crippen LogP contribution in [0.2, 0.25) is 5.02 Å². The molecule has 2 N–H and O–H groups in total. The molecule has 0 aliphatic carbocycles. The number of hydrogen-bond donors (Lipinski definition) is 2. The molecule has 1 aliphatic heterocycles. The van der Waals surface area contributed by atoms with Gasteiger partial charge in [0.2, 0.25) is 0 Å². The Morgan fingerprint density at radius 3 is 2.58 bits per heavy atom. The van der Waals surface area contributed by atoms with Crippen molar-refractivity contribution in [1.82, 2.24) is 10.2 Å². The number of aromatic hydroxyl groups is 1. The molecule has 0 bridgehead atoms. The van der Waals surface area contributed by atoms with Gasteiger partial charge in [-0.3, -0.25) is 4.90 Å². The summed E-state index contributed by atoms with van der Waals surface area (Å²) < 4.78 is 0. The number of phenols is 1. The molecule has 0 saturated carbocycles. The van der Waals surface area contributed by atoms with E-state index >= 15 is 0 Å². The minimum absolute atomic E-state index is 0.161. The van der Waals surface area contributed by atoms with Gasteiger partial charge in [-0.05, 0) is 30.0 Å². The van der Waals surface area contributed by atoms with Crippen LogP contribution in [0.25, 0.3) is 0 Å². The van der Waals surface area contributed by atoms with Gasteiger partial charge < -0.3 is 10.4 Å². The lowest BCUT2D eigenvalue weighted by atomic mass is 9.95. The normalized spacial score (nSPS) is 18.7. The van der Waals surface area contributed by atoms with Crippen LogP contribution < -0.4 is 5.32 Å². The summed E-state index contributed by atoms with van der Waals surface area (Å²) in [6, 6.07) is 6.00. The second-order valence-corrected chi connectivity index (χ2v) is 6.05. The minimum Gasteiger partial charge on any atom is -0.506 e. The topological polar surface area (TPSA) is 35.5 Å². The van der Waals surface area contributed by atoms with Gasteiger partial charge in [0.05, 0.1) is 5.02 Å². The molecule has 106 valence electrons. The monoisotopic (exact) mass is 282 g/mol. The third kappa shape index (κ3) is 3.85. The van der Waals surface area contributed by atoms with Crippen LogP contribution in [0.15, 0.2) is 18.2 Å². The van der Waals surface area contributed by atoms with Crippen molar-refractivity contribution in [2.45, 2.75) is 26.3 Å². The molecular weight excluding hydrogens is 260 g/mol. The van der Waals surface area contributed by atoms with Crippen LogP contribution in [0.5, 0.6) is 5.75 Å². The number of phenolic OH excluding ortho intramolecular Hbond substituents is 1. The molecule has 1 saturated heterocycles. The number of nitrogens with zero attached hydrogens (tertiary/aromatic N) is 1. The summed E-state index contributed by atoms with van der Waals surface area (Å²) in [5.41, 5.74) is 1.21. The number of nitrogens with one attached hydrogen (secondary N) is 1. The molecule has 0 amide bonds. The predicted molar refractivity (Wildman–Crippen MR) is 79.8 cm³/mol. The second-order valence-electron chi connectivity index (χ2n) is 5.64. The van der Waals surface area contributed by atoms with Gasteiger partial charge in [0.25, 0.3) is 0 Å². The Kier molecular flexibility index (Phi) is 5.08. The number of rotatable bonds is 4. The van der Waals surface area contributed by atoms with E-state index in [1.165, 1.54) is 5.56 Å². The van der Waals surface area contributed by atoms with Crippen molar-refractivity contribution in [2.24, 2.45) is 5.92 Å². The maximum absolute atomic E-state index is 9.56. The van der Waals surface area contributed by atoms with E-state index in [0.717, 1.165) is 32.6 Å². The summed E-state index contributed by atoms with van der Waals surface area (Å²) in [6.45, 7) is 8.71. The Bertz CT molecular complexity index is 417.